The molecule has 12 heteroatoms. The lowest BCUT2D eigenvalue weighted by Crippen LogP contribution is -2.35. The molecule has 9 nitrogen and oxygen atoms in total. The number of carbonyl (C=O) groups excluding carboxylic acids is 2. The Hall–Kier alpha value is -2.95. The molecule has 35 heavy (non-hydrogen) atoms. The fourth-order valence-corrected chi connectivity index (χ4v) is 5.15. The van der Waals surface area contributed by atoms with E-state index in [1.54, 1.807) is 38.3 Å². The Labute approximate surface area is 216 Å². The zero-order valence-corrected chi connectivity index (χ0v) is 21.7. The summed E-state index contributed by atoms with van der Waals surface area (Å²) in [5.74, 6) is -2.38. The number of thioether (sulfide) groups is 1. The minimum Gasteiger partial charge on any atom is -0.466 e. The standard InChI is InChI=1S/C23H24Cl2N4O5S/c1-5-34-22(32)17-16(11-7-6-8-12(24)18(11)25)15(21(31)33-3)10(2)27-19(17)20(35-4)13-9-14(30)29-23(26)28-13/h6-9,16,20,27H,5H2,1-4H3,(H3,26,28,29,30). The van der Waals surface area contributed by atoms with Gasteiger partial charge in [0.2, 0.25) is 5.95 Å². The van der Waals surface area contributed by atoms with E-state index in [0.717, 1.165) is 0 Å². The Kier molecular flexibility index (Phi) is 8.52. The van der Waals surface area contributed by atoms with Gasteiger partial charge in [-0.1, -0.05) is 35.3 Å². The summed E-state index contributed by atoms with van der Waals surface area (Å²) in [6.45, 7) is 3.43. The van der Waals surface area contributed by atoms with Gasteiger partial charge in [0.25, 0.3) is 5.56 Å². The molecule has 2 heterocycles. The van der Waals surface area contributed by atoms with E-state index in [9.17, 15) is 14.4 Å². The average molecular weight is 539 g/mol. The van der Waals surface area contributed by atoms with Crippen molar-refractivity contribution < 1.29 is 19.1 Å². The number of rotatable bonds is 7. The van der Waals surface area contributed by atoms with Crippen LogP contribution >= 0.6 is 35.0 Å². The van der Waals surface area contributed by atoms with Gasteiger partial charge in [0, 0.05) is 17.5 Å². The van der Waals surface area contributed by atoms with Crippen LogP contribution in [0.4, 0.5) is 5.95 Å². The fourth-order valence-electron chi connectivity index (χ4n) is 3.95. The number of benzene rings is 1. The highest BCUT2D eigenvalue weighted by Crippen LogP contribution is 2.47. The van der Waals surface area contributed by atoms with E-state index in [1.165, 1.54) is 24.9 Å². The minimum absolute atomic E-state index is 0.0717. The first-order chi connectivity index (χ1) is 16.6. The number of esters is 2. The summed E-state index contributed by atoms with van der Waals surface area (Å²) in [6, 6.07) is 6.24. The Bertz CT molecular complexity index is 1290. The van der Waals surface area contributed by atoms with Gasteiger partial charge in [0.05, 0.1) is 51.8 Å². The van der Waals surface area contributed by atoms with Gasteiger partial charge in [-0.05, 0) is 31.7 Å². The Balaban J connectivity index is 2.40. The van der Waals surface area contributed by atoms with E-state index in [4.69, 9.17) is 38.4 Å². The van der Waals surface area contributed by atoms with Gasteiger partial charge in [-0.25, -0.2) is 14.6 Å². The molecule has 0 spiro atoms. The number of allylic oxidation sites excluding steroid dienone is 1. The highest BCUT2D eigenvalue weighted by Gasteiger charge is 2.42. The molecule has 1 aliphatic heterocycles. The predicted octanol–water partition coefficient (Wildman–Crippen LogP) is 3.71. The zero-order valence-electron chi connectivity index (χ0n) is 19.4. The zero-order chi connectivity index (χ0) is 25.9. The highest BCUT2D eigenvalue weighted by molar-refractivity contribution is 7.99. The molecule has 4 N–H and O–H groups in total. The van der Waals surface area contributed by atoms with Gasteiger partial charge >= 0.3 is 11.9 Å². The van der Waals surface area contributed by atoms with E-state index >= 15 is 0 Å². The molecule has 0 bridgehead atoms. The first kappa shape index (κ1) is 26.7. The minimum atomic E-state index is -0.974. The van der Waals surface area contributed by atoms with Crippen LogP contribution in [0, 0.1) is 0 Å². The fraction of sp³-hybridized carbons (Fsp3) is 0.304. The topological polar surface area (TPSA) is 136 Å². The number of carbonyl (C=O) groups is 2. The van der Waals surface area contributed by atoms with Crippen LogP contribution in [0.1, 0.15) is 36.3 Å². The van der Waals surface area contributed by atoms with Gasteiger partial charge in [-0.3, -0.25) is 9.78 Å². The molecule has 0 aliphatic carbocycles. The summed E-state index contributed by atoms with van der Waals surface area (Å²) >= 11 is 14.2. The van der Waals surface area contributed by atoms with Crippen LogP contribution in [0.15, 0.2) is 51.6 Å². The molecular formula is C23H24Cl2N4O5S. The molecule has 2 unspecified atom stereocenters. The number of hydrogen-bond acceptors (Lipinski definition) is 9. The third-order valence-electron chi connectivity index (χ3n) is 5.33. The van der Waals surface area contributed by atoms with E-state index in [2.05, 4.69) is 15.3 Å². The van der Waals surface area contributed by atoms with Crippen molar-refractivity contribution in [2.24, 2.45) is 0 Å². The van der Waals surface area contributed by atoms with Crippen LogP contribution in [-0.4, -0.2) is 41.9 Å². The maximum Gasteiger partial charge on any atom is 0.336 e. The van der Waals surface area contributed by atoms with E-state index in [0.29, 0.717) is 22.7 Å². The largest absolute Gasteiger partial charge is 0.466 e. The molecular weight excluding hydrogens is 515 g/mol. The van der Waals surface area contributed by atoms with Crippen molar-refractivity contribution in [3.05, 3.63) is 78.5 Å². The van der Waals surface area contributed by atoms with Crippen molar-refractivity contribution in [2.45, 2.75) is 25.0 Å². The third kappa shape index (κ3) is 5.34. The number of nitrogens with two attached hydrogens (primary N) is 1. The Morgan fingerprint density at radius 3 is 2.57 bits per heavy atom. The number of aromatic amines is 1. The van der Waals surface area contributed by atoms with E-state index < -0.39 is 28.7 Å². The summed E-state index contributed by atoms with van der Waals surface area (Å²) < 4.78 is 10.4. The number of nitrogens with one attached hydrogen (secondary N) is 2. The maximum absolute atomic E-state index is 13.4. The smallest absolute Gasteiger partial charge is 0.336 e. The number of H-pyrrole nitrogens is 1. The van der Waals surface area contributed by atoms with Crippen molar-refractivity contribution in [1.82, 2.24) is 15.3 Å². The molecule has 0 amide bonds. The highest BCUT2D eigenvalue weighted by atomic mass is 35.5. The van der Waals surface area contributed by atoms with Crippen LogP contribution in [0.5, 0.6) is 0 Å². The molecule has 0 radical (unpaired) electrons. The molecule has 0 saturated heterocycles. The summed E-state index contributed by atoms with van der Waals surface area (Å²) in [5.41, 5.74) is 7.15. The molecule has 0 saturated carbocycles. The lowest BCUT2D eigenvalue weighted by molar-refractivity contribution is -0.139. The molecule has 2 aromatic rings. The van der Waals surface area contributed by atoms with Crippen LogP contribution < -0.4 is 16.6 Å². The summed E-state index contributed by atoms with van der Waals surface area (Å²) in [6.07, 6.45) is 1.79. The summed E-state index contributed by atoms with van der Waals surface area (Å²) in [4.78, 5) is 45.2. The first-order valence-corrected chi connectivity index (χ1v) is 12.5. The number of nitrogen functional groups attached to an aromatic ring is 1. The second-order valence-corrected chi connectivity index (χ2v) is 9.18. The number of dihydropyridines is 1. The van der Waals surface area contributed by atoms with Crippen molar-refractivity contribution in [2.75, 3.05) is 25.7 Å². The van der Waals surface area contributed by atoms with Gasteiger partial charge in [0.15, 0.2) is 0 Å². The lowest BCUT2D eigenvalue weighted by atomic mass is 9.79. The SMILES string of the molecule is CCOC(=O)C1=C(C(SC)c2cc(=O)[nH]c(N)n2)NC(C)=C(C(=O)OC)C1c1cccc(Cl)c1Cl. The van der Waals surface area contributed by atoms with Crippen molar-refractivity contribution in [3.8, 4) is 0 Å². The summed E-state index contributed by atoms with van der Waals surface area (Å²) in [7, 11) is 1.25. The van der Waals surface area contributed by atoms with Gasteiger partial charge in [-0.2, -0.15) is 0 Å². The maximum atomic E-state index is 13.4. The second kappa shape index (κ2) is 11.2. The number of ether oxygens (including phenoxy) is 2. The van der Waals surface area contributed by atoms with Crippen LogP contribution in [0.3, 0.4) is 0 Å². The molecule has 1 aromatic carbocycles. The van der Waals surface area contributed by atoms with E-state index in [-0.39, 0.29) is 33.7 Å². The number of halogens is 2. The summed E-state index contributed by atoms with van der Waals surface area (Å²) in [5, 5.41) is 2.94. The molecule has 2 atom stereocenters. The van der Waals surface area contributed by atoms with E-state index in [1.807, 2.05) is 0 Å². The van der Waals surface area contributed by atoms with Gasteiger partial charge < -0.3 is 20.5 Å². The van der Waals surface area contributed by atoms with Crippen LogP contribution in [0.25, 0.3) is 0 Å². The monoisotopic (exact) mass is 538 g/mol. The molecule has 0 fully saturated rings. The Morgan fingerprint density at radius 2 is 1.97 bits per heavy atom. The van der Waals surface area contributed by atoms with Crippen LogP contribution in [-0.2, 0) is 19.1 Å². The van der Waals surface area contributed by atoms with Crippen molar-refractivity contribution in [1.29, 1.82) is 0 Å². The number of methoxy groups -OCH3 is 1. The number of hydrogen-bond donors (Lipinski definition) is 3. The quantitative estimate of drug-likeness (QED) is 0.450. The third-order valence-corrected chi connectivity index (χ3v) is 7.12. The molecule has 186 valence electrons. The van der Waals surface area contributed by atoms with Crippen LogP contribution in [0.2, 0.25) is 10.0 Å². The van der Waals surface area contributed by atoms with Gasteiger partial charge in [-0.15, -0.1) is 11.8 Å². The molecule has 3 rings (SSSR count). The number of anilines is 1. The molecule has 1 aromatic heterocycles. The van der Waals surface area contributed by atoms with Gasteiger partial charge in [0.1, 0.15) is 0 Å². The lowest BCUT2D eigenvalue weighted by Gasteiger charge is -2.34. The second-order valence-electron chi connectivity index (χ2n) is 7.45. The predicted molar refractivity (Wildman–Crippen MR) is 136 cm³/mol. The first-order valence-electron chi connectivity index (χ1n) is 10.4. The Morgan fingerprint density at radius 1 is 1.26 bits per heavy atom. The number of aromatic nitrogens is 2. The van der Waals surface area contributed by atoms with Crippen molar-refractivity contribution >= 4 is 52.9 Å². The number of nitrogens with zero attached hydrogens (tertiary/aromatic N) is 1. The average Bonchev–Trinajstić information content (AvgIpc) is 2.80. The normalized spacial score (nSPS) is 16.6. The van der Waals surface area contributed by atoms with Crippen molar-refractivity contribution in [3.63, 3.8) is 0 Å². The molecule has 1 aliphatic rings.